The Kier molecular flexibility index (Phi) is 7.09. The van der Waals surface area contributed by atoms with Crippen molar-refractivity contribution in [3.63, 3.8) is 0 Å². The molecule has 1 saturated heterocycles. The van der Waals surface area contributed by atoms with E-state index in [1.54, 1.807) is 0 Å². The summed E-state index contributed by atoms with van der Waals surface area (Å²) in [5.74, 6) is 2.49. The van der Waals surface area contributed by atoms with Crippen LogP contribution in [0.3, 0.4) is 0 Å². The van der Waals surface area contributed by atoms with Crippen molar-refractivity contribution in [3.05, 3.63) is 45.2 Å². The van der Waals surface area contributed by atoms with Crippen LogP contribution >= 0.6 is 35.0 Å². The number of benzene rings is 1. The number of aromatic nitrogens is 2. The number of imidazole rings is 1. The van der Waals surface area contributed by atoms with E-state index in [0.29, 0.717) is 10.0 Å². The van der Waals surface area contributed by atoms with Gasteiger partial charge in [-0.05, 0) is 38.8 Å². The largest absolute Gasteiger partial charge is 1.00 e. The van der Waals surface area contributed by atoms with Crippen LogP contribution in [-0.2, 0) is 13.1 Å². The summed E-state index contributed by atoms with van der Waals surface area (Å²) < 4.78 is 4.79. The molecule has 2 aromatic rings. The van der Waals surface area contributed by atoms with Crippen LogP contribution in [0.1, 0.15) is 32.5 Å². The van der Waals surface area contributed by atoms with Crippen molar-refractivity contribution in [2.45, 2.75) is 39.8 Å². The Morgan fingerprint density at radius 1 is 1.15 bits per heavy atom. The van der Waals surface area contributed by atoms with Gasteiger partial charge in [0, 0.05) is 36.5 Å². The van der Waals surface area contributed by atoms with Gasteiger partial charge in [0.25, 0.3) is 5.82 Å². The summed E-state index contributed by atoms with van der Waals surface area (Å²) in [6, 6.07) is 4.03. The molecule has 3 heterocycles. The molecule has 27 heavy (non-hydrogen) atoms. The van der Waals surface area contributed by atoms with E-state index in [9.17, 15) is 0 Å². The van der Waals surface area contributed by atoms with Crippen molar-refractivity contribution in [3.8, 4) is 0 Å². The number of allylic oxidation sites excluding steroid dienone is 3. The highest BCUT2D eigenvalue weighted by atomic mass is 127. The van der Waals surface area contributed by atoms with Gasteiger partial charge in [0.1, 0.15) is 0 Å². The van der Waals surface area contributed by atoms with Crippen molar-refractivity contribution in [2.24, 2.45) is 0 Å². The zero-order valence-electron chi connectivity index (χ0n) is 15.6. The van der Waals surface area contributed by atoms with Crippen molar-refractivity contribution in [2.75, 3.05) is 18.8 Å². The molecule has 0 saturated carbocycles. The minimum absolute atomic E-state index is 0. The third kappa shape index (κ3) is 3.89. The molecule has 2 aliphatic rings. The molecule has 0 amide bonds. The van der Waals surface area contributed by atoms with Crippen LogP contribution in [0.2, 0.25) is 10.0 Å². The molecule has 2 aliphatic heterocycles. The van der Waals surface area contributed by atoms with Gasteiger partial charge in [-0.15, -0.1) is 11.8 Å². The number of nitrogens with zero attached hydrogens (tertiary/aromatic N) is 3. The van der Waals surface area contributed by atoms with Gasteiger partial charge in [-0.2, -0.15) is 0 Å². The van der Waals surface area contributed by atoms with Crippen LogP contribution in [-0.4, -0.2) is 28.3 Å². The van der Waals surface area contributed by atoms with E-state index in [4.69, 9.17) is 23.2 Å². The Morgan fingerprint density at radius 2 is 1.93 bits per heavy atom. The molecule has 3 nitrogen and oxygen atoms in total. The van der Waals surface area contributed by atoms with E-state index < -0.39 is 0 Å². The minimum Gasteiger partial charge on any atom is -1.00 e. The lowest BCUT2D eigenvalue weighted by Gasteiger charge is -2.16. The number of aryl methyl sites for hydroxylation is 2. The maximum atomic E-state index is 6.31. The first kappa shape index (κ1) is 21.3. The Labute approximate surface area is 192 Å². The number of hydrogen-bond donors (Lipinski definition) is 0. The molecule has 1 aromatic heterocycles. The fraction of sp³-hybridized carbons (Fsp3) is 0.450. The van der Waals surface area contributed by atoms with Gasteiger partial charge in [-0.3, -0.25) is 0 Å². The molecule has 0 aliphatic carbocycles. The zero-order chi connectivity index (χ0) is 18.3. The summed E-state index contributed by atoms with van der Waals surface area (Å²) in [7, 11) is 0. The second kappa shape index (κ2) is 8.97. The summed E-state index contributed by atoms with van der Waals surface area (Å²) >= 11 is 14.6. The van der Waals surface area contributed by atoms with E-state index >= 15 is 0 Å². The van der Waals surface area contributed by atoms with Crippen LogP contribution in [0, 0.1) is 0 Å². The molecule has 0 atom stereocenters. The Balaban J connectivity index is 0.00000210. The second-order valence-electron chi connectivity index (χ2n) is 6.70. The fourth-order valence-corrected chi connectivity index (χ4v) is 5.43. The van der Waals surface area contributed by atoms with Crippen LogP contribution in [0.5, 0.6) is 0 Å². The zero-order valence-corrected chi connectivity index (χ0v) is 20.1. The minimum atomic E-state index is 0. The van der Waals surface area contributed by atoms with Crippen LogP contribution in [0.4, 0.5) is 0 Å². The van der Waals surface area contributed by atoms with Crippen molar-refractivity contribution in [1.82, 2.24) is 9.47 Å². The molecule has 1 fully saturated rings. The second-order valence-corrected chi connectivity index (χ2v) is 8.63. The van der Waals surface area contributed by atoms with E-state index in [-0.39, 0.29) is 24.0 Å². The Hall–Kier alpha value is -0.370. The maximum Gasteiger partial charge on any atom is 0.285 e. The predicted octanol–water partition coefficient (Wildman–Crippen LogP) is 2.35. The van der Waals surface area contributed by atoms with E-state index in [1.165, 1.54) is 33.2 Å². The van der Waals surface area contributed by atoms with Gasteiger partial charge in [-0.25, -0.2) is 9.13 Å². The lowest BCUT2D eigenvalue weighted by molar-refractivity contribution is -0.671. The molecule has 7 heteroatoms. The first-order valence-corrected chi connectivity index (χ1v) is 11.1. The normalized spacial score (nSPS) is 19.8. The number of halogens is 3. The van der Waals surface area contributed by atoms with Gasteiger partial charge >= 0.3 is 0 Å². The number of fused-ring (bicyclic) bond motifs is 3. The predicted molar refractivity (Wildman–Crippen MR) is 113 cm³/mol. The molecule has 0 N–H and O–H groups in total. The molecule has 0 unspecified atom stereocenters. The third-order valence-corrected chi connectivity index (χ3v) is 7.07. The molecule has 0 spiro atoms. The van der Waals surface area contributed by atoms with Crippen LogP contribution in [0.15, 0.2) is 29.3 Å². The molecule has 146 valence electrons. The highest BCUT2D eigenvalue weighted by Crippen LogP contribution is 2.34. The van der Waals surface area contributed by atoms with Gasteiger partial charge in [-0.1, -0.05) is 23.2 Å². The van der Waals surface area contributed by atoms with Gasteiger partial charge in [0.15, 0.2) is 11.0 Å². The lowest BCUT2D eigenvalue weighted by Crippen LogP contribution is -3.00. The number of thioether (sulfide) groups is 1. The summed E-state index contributed by atoms with van der Waals surface area (Å²) in [5, 5.41) is 2.64. The van der Waals surface area contributed by atoms with Crippen molar-refractivity contribution in [1.29, 1.82) is 0 Å². The van der Waals surface area contributed by atoms with Gasteiger partial charge in [0.05, 0.1) is 28.2 Å². The summed E-state index contributed by atoms with van der Waals surface area (Å²) in [4.78, 5) is 2.45. The average Bonchev–Trinajstić information content (AvgIpc) is 3.22. The number of hydrogen-bond acceptors (Lipinski definition) is 2. The molecule has 4 rings (SSSR count). The Bertz CT molecular complexity index is 881. The van der Waals surface area contributed by atoms with Gasteiger partial charge < -0.3 is 28.9 Å². The van der Waals surface area contributed by atoms with Crippen LogP contribution in [0.25, 0.3) is 16.6 Å². The monoisotopic (exact) mass is 535 g/mol. The van der Waals surface area contributed by atoms with E-state index in [1.807, 2.05) is 23.9 Å². The topological polar surface area (TPSA) is 12.1 Å². The summed E-state index contributed by atoms with van der Waals surface area (Å²) in [6.07, 6.45) is 6.90. The lowest BCUT2D eigenvalue weighted by atomic mass is 10.1. The molecule has 0 bridgehead atoms. The maximum absolute atomic E-state index is 6.31. The standard InChI is InChI=1S/C20H24Cl2N3S.HI/c1-3-23-10-11-26-19(23)8-7-14-6-5-9-25-18-13-16(22)15(21)12-17(18)24(4-2)20(14)25;/h7-8,12-13H,3-6,9-11H2,1-2H3;1H/q+1;/p-1. The van der Waals surface area contributed by atoms with Crippen molar-refractivity contribution >= 4 is 51.6 Å². The molecule has 0 radical (unpaired) electrons. The Morgan fingerprint density at radius 3 is 2.67 bits per heavy atom. The molecular formula is C20H24Cl2IN3S. The van der Waals surface area contributed by atoms with E-state index in [2.05, 4.69) is 40.0 Å². The van der Waals surface area contributed by atoms with Crippen molar-refractivity contribution < 1.29 is 28.5 Å². The van der Waals surface area contributed by atoms with Crippen LogP contribution < -0.4 is 28.5 Å². The first-order chi connectivity index (χ1) is 12.6. The first-order valence-electron chi connectivity index (χ1n) is 9.34. The SMILES string of the molecule is CCN1CCSC1=CC=C1CCCn2c1[n+](CC)c1cc(Cl)c(Cl)cc12.[I-]. The summed E-state index contributed by atoms with van der Waals surface area (Å²) in [6.45, 7) is 8.60. The third-order valence-electron chi connectivity index (χ3n) is 5.27. The number of rotatable bonds is 3. The van der Waals surface area contributed by atoms with E-state index in [0.717, 1.165) is 39.0 Å². The average molecular weight is 536 g/mol. The highest BCUT2D eigenvalue weighted by molar-refractivity contribution is 8.03. The highest BCUT2D eigenvalue weighted by Gasteiger charge is 2.30. The quantitative estimate of drug-likeness (QED) is 0.442. The fourth-order valence-electron chi connectivity index (χ4n) is 4.02. The van der Waals surface area contributed by atoms with Gasteiger partial charge in [0.2, 0.25) is 0 Å². The molecule has 1 aromatic carbocycles. The molecular weight excluding hydrogens is 512 g/mol. The smallest absolute Gasteiger partial charge is 0.285 e. The summed E-state index contributed by atoms with van der Waals surface area (Å²) in [5.41, 5.74) is 3.75.